The lowest BCUT2D eigenvalue weighted by Gasteiger charge is -2.25. The van der Waals surface area contributed by atoms with Gasteiger partial charge in [0, 0.05) is 16.6 Å². The summed E-state index contributed by atoms with van der Waals surface area (Å²) in [7, 11) is 1.66. The normalized spacial score (nSPS) is 15.6. The summed E-state index contributed by atoms with van der Waals surface area (Å²) in [5.41, 5.74) is 9.11. The van der Waals surface area contributed by atoms with Crippen molar-refractivity contribution in [2.75, 3.05) is 7.11 Å². The minimum atomic E-state index is -0.510. The molecule has 0 aliphatic heterocycles. The number of aliphatic hydroxyl groups excluding tert-OH is 1. The molecule has 0 spiro atoms. The summed E-state index contributed by atoms with van der Waals surface area (Å²) < 4.78 is 5.50. The quantitative estimate of drug-likeness (QED) is 0.801. The van der Waals surface area contributed by atoms with E-state index in [0.29, 0.717) is 6.42 Å². The van der Waals surface area contributed by atoms with Crippen LogP contribution in [0.1, 0.15) is 55.7 Å². The number of benzene rings is 1. The van der Waals surface area contributed by atoms with Crippen LogP contribution < -0.4 is 10.5 Å². The predicted molar refractivity (Wildman–Crippen MR) is 89.4 cm³/mol. The Morgan fingerprint density at radius 3 is 2.52 bits per heavy atom. The molecule has 21 heavy (non-hydrogen) atoms. The molecule has 1 aromatic carbocycles. The van der Waals surface area contributed by atoms with Crippen LogP contribution in [0.5, 0.6) is 5.75 Å². The Balaban J connectivity index is 3.01. The predicted octanol–water partition coefficient (Wildman–Crippen LogP) is 3.95. The number of aliphatic hydroxyl groups is 1. The highest BCUT2D eigenvalue weighted by atomic mass is 35.5. The van der Waals surface area contributed by atoms with E-state index in [-0.39, 0.29) is 12.0 Å². The lowest BCUT2D eigenvalue weighted by atomic mass is 9.87. The summed E-state index contributed by atoms with van der Waals surface area (Å²) in [6.07, 6.45) is 1.91. The molecule has 1 rings (SSSR count). The van der Waals surface area contributed by atoms with Gasteiger partial charge in [0.2, 0.25) is 0 Å². The molecule has 0 aromatic heterocycles. The van der Waals surface area contributed by atoms with E-state index in [1.165, 1.54) is 0 Å². The Kier molecular flexibility index (Phi) is 6.98. The number of methoxy groups -OCH3 is 1. The smallest absolute Gasteiger partial charge is 0.122 e. The van der Waals surface area contributed by atoms with Crippen molar-refractivity contribution >= 4 is 11.6 Å². The van der Waals surface area contributed by atoms with Gasteiger partial charge in [-0.3, -0.25) is 0 Å². The molecule has 0 saturated heterocycles. The van der Waals surface area contributed by atoms with Gasteiger partial charge in [-0.1, -0.05) is 31.9 Å². The van der Waals surface area contributed by atoms with Gasteiger partial charge in [0.1, 0.15) is 5.75 Å². The molecule has 3 unspecified atom stereocenters. The minimum absolute atomic E-state index is 0.135. The fourth-order valence-corrected chi connectivity index (χ4v) is 3.05. The van der Waals surface area contributed by atoms with Gasteiger partial charge in [0.15, 0.2) is 0 Å². The monoisotopic (exact) mass is 313 g/mol. The third kappa shape index (κ3) is 4.35. The van der Waals surface area contributed by atoms with Crippen molar-refractivity contribution in [3.05, 3.63) is 27.8 Å². The zero-order valence-electron chi connectivity index (χ0n) is 13.7. The average molecular weight is 314 g/mol. The molecular formula is C17H28ClNO2. The van der Waals surface area contributed by atoms with E-state index in [1.54, 1.807) is 7.11 Å². The fraction of sp³-hybridized carbons (Fsp3) is 0.647. The first-order valence-electron chi connectivity index (χ1n) is 7.60. The summed E-state index contributed by atoms with van der Waals surface area (Å²) in [4.78, 5) is 0. The van der Waals surface area contributed by atoms with E-state index in [1.807, 2.05) is 19.9 Å². The molecule has 3 nitrogen and oxygen atoms in total. The molecule has 0 bridgehead atoms. The van der Waals surface area contributed by atoms with E-state index in [2.05, 4.69) is 13.8 Å². The first kappa shape index (κ1) is 18.3. The highest BCUT2D eigenvalue weighted by molar-refractivity contribution is 6.32. The maximum Gasteiger partial charge on any atom is 0.122 e. The highest BCUT2D eigenvalue weighted by Crippen LogP contribution is 2.38. The number of aryl methyl sites for hydroxylation is 1. The number of hydrogen-bond donors (Lipinski definition) is 2. The second-order valence-corrected chi connectivity index (χ2v) is 6.28. The van der Waals surface area contributed by atoms with Gasteiger partial charge in [-0.25, -0.2) is 0 Å². The van der Waals surface area contributed by atoms with Crippen LogP contribution in [-0.2, 0) is 0 Å². The van der Waals surface area contributed by atoms with E-state index in [9.17, 15) is 5.11 Å². The maximum absolute atomic E-state index is 10.3. The van der Waals surface area contributed by atoms with Crippen LogP contribution in [0.15, 0.2) is 6.07 Å². The summed E-state index contributed by atoms with van der Waals surface area (Å²) in [6.45, 7) is 8.13. The molecule has 0 amide bonds. The molecule has 0 heterocycles. The second kappa shape index (κ2) is 8.02. The number of hydrogen-bond acceptors (Lipinski definition) is 3. The van der Waals surface area contributed by atoms with Crippen LogP contribution in [0.4, 0.5) is 0 Å². The van der Waals surface area contributed by atoms with E-state index < -0.39 is 6.10 Å². The molecule has 0 aliphatic rings. The Labute approximate surface area is 133 Å². The van der Waals surface area contributed by atoms with Crippen molar-refractivity contribution in [3.8, 4) is 5.75 Å². The Morgan fingerprint density at radius 2 is 2.00 bits per heavy atom. The van der Waals surface area contributed by atoms with Crippen LogP contribution in [0.3, 0.4) is 0 Å². The fourth-order valence-electron chi connectivity index (χ4n) is 2.90. The first-order valence-corrected chi connectivity index (χ1v) is 7.98. The maximum atomic E-state index is 10.3. The lowest BCUT2D eigenvalue weighted by molar-refractivity contribution is 0.123. The van der Waals surface area contributed by atoms with Crippen LogP contribution in [0.2, 0.25) is 5.02 Å². The van der Waals surface area contributed by atoms with Gasteiger partial charge in [-0.05, 0) is 49.8 Å². The molecule has 3 N–H and O–H groups in total. The van der Waals surface area contributed by atoms with Crippen molar-refractivity contribution in [2.24, 2.45) is 5.73 Å². The Bertz CT molecular complexity index is 476. The van der Waals surface area contributed by atoms with E-state index >= 15 is 0 Å². The van der Waals surface area contributed by atoms with Gasteiger partial charge in [0.05, 0.1) is 13.2 Å². The summed E-state index contributed by atoms with van der Waals surface area (Å²) in [5.74, 6) is 0.967. The molecule has 3 atom stereocenters. The van der Waals surface area contributed by atoms with Crippen molar-refractivity contribution < 1.29 is 9.84 Å². The van der Waals surface area contributed by atoms with Crippen LogP contribution >= 0.6 is 11.6 Å². The van der Waals surface area contributed by atoms with Crippen LogP contribution in [0, 0.1) is 13.8 Å². The average Bonchev–Trinajstić information content (AvgIpc) is 2.44. The third-order valence-corrected chi connectivity index (χ3v) is 4.70. The summed E-state index contributed by atoms with van der Waals surface area (Å²) in [6, 6.07) is 1.78. The number of nitrogens with two attached hydrogens (primary N) is 1. The lowest BCUT2D eigenvalue weighted by Crippen LogP contribution is -2.35. The highest BCUT2D eigenvalue weighted by Gasteiger charge is 2.23. The molecule has 0 saturated carbocycles. The largest absolute Gasteiger partial charge is 0.496 e. The van der Waals surface area contributed by atoms with Crippen molar-refractivity contribution in [1.29, 1.82) is 0 Å². The van der Waals surface area contributed by atoms with Crippen LogP contribution in [0.25, 0.3) is 0 Å². The molecule has 120 valence electrons. The minimum Gasteiger partial charge on any atom is -0.496 e. The molecule has 0 radical (unpaired) electrons. The zero-order chi connectivity index (χ0) is 16.2. The van der Waals surface area contributed by atoms with Crippen LogP contribution in [-0.4, -0.2) is 24.4 Å². The van der Waals surface area contributed by atoms with Gasteiger partial charge in [-0.15, -0.1) is 0 Å². The van der Waals surface area contributed by atoms with Gasteiger partial charge in [0.25, 0.3) is 0 Å². The van der Waals surface area contributed by atoms with E-state index in [4.69, 9.17) is 22.1 Å². The standard InChI is InChI=1S/C17H28ClNO2/c1-6-7-13(19)14(20)8-10(2)16-12(4)17(18)11(3)9-15(16)21-5/h9-10,13-14,20H,6-8,19H2,1-5H3. The SMILES string of the molecule is CCCC(N)C(O)CC(C)c1c(OC)cc(C)c(Cl)c1C. The van der Waals surface area contributed by atoms with Gasteiger partial charge >= 0.3 is 0 Å². The topological polar surface area (TPSA) is 55.5 Å². The molecule has 4 heteroatoms. The number of ether oxygens (including phenoxy) is 1. The Morgan fingerprint density at radius 1 is 1.38 bits per heavy atom. The summed E-state index contributed by atoms with van der Waals surface area (Å²) in [5, 5.41) is 11.0. The summed E-state index contributed by atoms with van der Waals surface area (Å²) >= 11 is 6.36. The molecule has 0 fully saturated rings. The van der Waals surface area contributed by atoms with Crippen molar-refractivity contribution in [1.82, 2.24) is 0 Å². The van der Waals surface area contributed by atoms with Crippen molar-refractivity contribution in [2.45, 2.75) is 65.0 Å². The third-order valence-electron chi connectivity index (χ3n) is 4.12. The second-order valence-electron chi connectivity index (χ2n) is 5.91. The van der Waals surface area contributed by atoms with Gasteiger partial charge in [-0.2, -0.15) is 0 Å². The number of rotatable bonds is 7. The zero-order valence-corrected chi connectivity index (χ0v) is 14.5. The van der Waals surface area contributed by atoms with E-state index in [0.717, 1.165) is 40.3 Å². The van der Waals surface area contributed by atoms with Crippen molar-refractivity contribution in [3.63, 3.8) is 0 Å². The first-order chi connectivity index (χ1) is 9.83. The number of halogens is 1. The van der Waals surface area contributed by atoms with Gasteiger partial charge < -0.3 is 15.6 Å². The molecule has 1 aromatic rings. The Hall–Kier alpha value is -0.770. The molecular weight excluding hydrogens is 286 g/mol. The molecule has 0 aliphatic carbocycles.